The van der Waals surface area contributed by atoms with Gasteiger partial charge >= 0.3 is 6.03 Å². The number of urea groups is 1. The second-order valence-electron chi connectivity index (χ2n) is 4.80. The highest BCUT2D eigenvalue weighted by molar-refractivity contribution is 5.89. The Morgan fingerprint density at radius 2 is 2.00 bits per heavy atom. The van der Waals surface area contributed by atoms with Crippen LogP contribution in [0.1, 0.15) is 25.3 Å². The van der Waals surface area contributed by atoms with E-state index in [1.165, 1.54) is 18.4 Å². The van der Waals surface area contributed by atoms with Gasteiger partial charge in [0.1, 0.15) is 0 Å². The number of nitrogens with one attached hydrogen (secondary N) is 2. The highest BCUT2D eigenvalue weighted by Crippen LogP contribution is 2.19. The van der Waals surface area contributed by atoms with Crippen LogP contribution in [0.5, 0.6) is 0 Å². The largest absolute Gasteiger partial charge is 0.328 e. The molecule has 1 aromatic carbocycles. The Morgan fingerprint density at radius 3 is 2.56 bits per heavy atom. The van der Waals surface area contributed by atoms with Crippen LogP contribution in [0.25, 0.3) is 0 Å². The van der Waals surface area contributed by atoms with E-state index < -0.39 is 0 Å². The fourth-order valence-electron chi connectivity index (χ4n) is 1.62. The Kier molecular flexibility index (Phi) is 4.20. The summed E-state index contributed by atoms with van der Waals surface area (Å²) in [5.41, 5.74) is 2.10. The van der Waals surface area contributed by atoms with Gasteiger partial charge in [-0.1, -0.05) is 12.1 Å². The van der Waals surface area contributed by atoms with Crippen molar-refractivity contribution < 1.29 is 4.79 Å². The van der Waals surface area contributed by atoms with Gasteiger partial charge in [0.05, 0.1) is 0 Å². The van der Waals surface area contributed by atoms with Crippen molar-refractivity contribution in [2.75, 3.05) is 18.9 Å². The van der Waals surface area contributed by atoms with E-state index in [1.807, 2.05) is 19.1 Å². The minimum absolute atomic E-state index is 0.0682. The summed E-state index contributed by atoms with van der Waals surface area (Å²) in [6.07, 6.45) is 2.61. The third-order valence-corrected chi connectivity index (χ3v) is 3.20. The topological polar surface area (TPSA) is 44.4 Å². The molecule has 1 aliphatic rings. The molecule has 0 spiro atoms. The van der Waals surface area contributed by atoms with Crippen LogP contribution in [0.3, 0.4) is 0 Å². The normalized spacial score (nSPS) is 14.3. The van der Waals surface area contributed by atoms with Crippen molar-refractivity contribution in [3.63, 3.8) is 0 Å². The zero-order chi connectivity index (χ0) is 13.0. The van der Waals surface area contributed by atoms with E-state index in [2.05, 4.69) is 22.8 Å². The number of benzene rings is 1. The molecule has 4 heteroatoms. The van der Waals surface area contributed by atoms with E-state index in [0.717, 1.165) is 18.3 Å². The van der Waals surface area contributed by atoms with Crippen LogP contribution >= 0.6 is 0 Å². The van der Waals surface area contributed by atoms with Crippen molar-refractivity contribution in [3.8, 4) is 0 Å². The quantitative estimate of drug-likeness (QED) is 0.839. The fourth-order valence-corrected chi connectivity index (χ4v) is 1.62. The third-order valence-electron chi connectivity index (χ3n) is 3.20. The number of rotatable bonds is 5. The van der Waals surface area contributed by atoms with Gasteiger partial charge in [-0.15, -0.1) is 0 Å². The summed E-state index contributed by atoms with van der Waals surface area (Å²) in [5.74, 6) is 0. The van der Waals surface area contributed by atoms with Crippen LogP contribution in [-0.2, 0) is 6.54 Å². The lowest BCUT2D eigenvalue weighted by molar-refractivity contribution is 0.224. The highest BCUT2D eigenvalue weighted by Gasteiger charge is 2.19. The van der Waals surface area contributed by atoms with Crippen LogP contribution < -0.4 is 10.6 Å². The second kappa shape index (κ2) is 5.87. The van der Waals surface area contributed by atoms with Gasteiger partial charge in [0, 0.05) is 31.9 Å². The third kappa shape index (κ3) is 3.74. The SMILES string of the molecule is CCN(C)C(=O)Nc1ccc(CNC2CC2)cc1. The summed E-state index contributed by atoms with van der Waals surface area (Å²) in [7, 11) is 1.78. The molecule has 0 atom stereocenters. The summed E-state index contributed by atoms with van der Waals surface area (Å²) in [6.45, 7) is 3.56. The molecule has 1 saturated carbocycles. The van der Waals surface area contributed by atoms with E-state index in [-0.39, 0.29) is 6.03 Å². The van der Waals surface area contributed by atoms with Crippen molar-refractivity contribution in [1.29, 1.82) is 0 Å². The monoisotopic (exact) mass is 247 g/mol. The first kappa shape index (κ1) is 12.9. The predicted octanol–water partition coefficient (Wildman–Crippen LogP) is 2.42. The van der Waals surface area contributed by atoms with Crippen LogP contribution in [0.4, 0.5) is 10.5 Å². The Bertz CT molecular complexity index is 398. The van der Waals surface area contributed by atoms with Gasteiger partial charge in [-0.2, -0.15) is 0 Å². The molecule has 0 bridgehead atoms. The molecule has 1 fully saturated rings. The maximum absolute atomic E-state index is 11.7. The van der Waals surface area contributed by atoms with Gasteiger partial charge in [0.25, 0.3) is 0 Å². The number of hydrogen-bond donors (Lipinski definition) is 2. The van der Waals surface area contributed by atoms with E-state index in [0.29, 0.717) is 6.54 Å². The Balaban J connectivity index is 1.84. The molecule has 2 N–H and O–H groups in total. The summed E-state index contributed by atoms with van der Waals surface area (Å²) in [5, 5.41) is 6.33. The molecule has 18 heavy (non-hydrogen) atoms. The average molecular weight is 247 g/mol. The van der Waals surface area contributed by atoms with E-state index >= 15 is 0 Å². The van der Waals surface area contributed by atoms with Gasteiger partial charge in [0.2, 0.25) is 0 Å². The van der Waals surface area contributed by atoms with Crippen molar-refractivity contribution in [2.24, 2.45) is 0 Å². The molecule has 2 rings (SSSR count). The minimum atomic E-state index is -0.0682. The number of nitrogens with zero attached hydrogens (tertiary/aromatic N) is 1. The molecule has 0 aromatic heterocycles. The fraction of sp³-hybridized carbons (Fsp3) is 0.500. The van der Waals surface area contributed by atoms with E-state index in [1.54, 1.807) is 11.9 Å². The smallest absolute Gasteiger partial charge is 0.321 e. The molecular weight excluding hydrogens is 226 g/mol. The zero-order valence-electron chi connectivity index (χ0n) is 11.1. The van der Waals surface area contributed by atoms with Crippen molar-refractivity contribution in [3.05, 3.63) is 29.8 Å². The predicted molar refractivity (Wildman–Crippen MR) is 73.6 cm³/mol. The van der Waals surface area contributed by atoms with Gasteiger partial charge in [-0.3, -0.25) is 0 Å². The van der Waals surface area contributed by atoms with Crippen LogP contribution in [0.2, 0.25) is 0 Å². The first-order valence-electron chi connectivity index (χ1n) is 6.53. The van der Waals surface area contributed by atoms with Crippen molar-refractivity contribution in [2.45, 2.75) is 32.4 Å². The first-order chi connectivity index (χ1) is 8.69. The number of anilines is 1. The molecule has 0 heterocycles. The molecular formula is C14H21N3O. The number of carbonyl (C=O) groups is 1. The van der Waals surface area contributed by atoms with Crippen molar-refractivity contribution in [1.82, 2.24) is 10.2 Å². The average Bonchev–Trinajstić information content (AvgIpc) is 3.21. The van der Waals surface area contributed by atoms with Gasteiger partial charge in [-0.25, -0.2) is 4.79 Å². The lowest BCUT2D eigenvalue weighted by Gasteiger charge is -2.15. The van der Waals surface area contributed by atoms with Gasteiger partial charge < -0.3 is 15.5 Å². The maximum Gasteiger partial charge on any atom is 0.321 e. The molecule has 2 amide bonds. The van der Waals surface area contributed by atoms with Gasteiger partial charge in [0.15, 0.2) is 0 Å². The Labute approximate surface area is 108 Å². The second-order valence-corrected chi connectivity index (χ2v) is 4.80. The lowest BCUT2D eigenvalue weighted by atomic mass is 10.2. The highest BCUT2D eigenvalue weighted by atomic mass is 16.2. The Morgan fingerprint density at radius 1 is 1.33 bits per heavy atom. The standard InChI is InChI=1S/C14H21N3O/c1-3-17(2)14(18)16-13-6-4-11(5-7-13)10-15-12-8-9-12/h4-7,12,15H,3,8-10H2,1-2H3,(H,16,18). The minimum Gasteiger partial charge on any atom is -0.328 e. The number of amides is 2. The van der Waals surface area contributed by atoms with E-state index in [4.69, 9.17) is 0 Å². The van der Waals surface area contributed by atoms with Crippen LogP contribution in [0, 0.1) is 0 Å². The lowest BCUT2D eigenvalue weighted by Crippen LogP contribution is -2.30. The molecule has 98 valence electrons. The zero-order valence-corrected chi connectivity index (χ0v) is 11.1. The molecule has 1 aliphatic carbocycles. The summed E-state index contributed by atoms with van der Waals surface area (Å²) < 4.78 is 0. The molecule has 0 saturated heterocycles. The van der Waals surface area contributed by atoms with Crippen LogP contribution in [0.15, 0.2) is 24.3 Å². The summed E-state index contributed by atoms with van der Waals surface area (Å²) >= 11 is 0. The molecule has 1 aromatic rings. The Hall–Kier alpha value is -1.55. The summed E-state index contributed by atoms with van der Waals surface area (Å²) in [4.78, 5) is 13.3. The molecule has 0 aliphatic heterocycles. The maximum atomic E-state index is 11.7. The molecule has 0 unspecified atom stereocenters. The van der Waals surface area contributed by atoms with E-state index in [9.17, 15) is 4.79 Å². The first-order valence-corrected chi connectivity index (χ1v) is 6.53. The number of hydrogen-bond acceptors (Lipinski definition) is 2. The van der Waals surface area contributed by atoms with Crippen molar-refractivity contribution >= 4 is 11.7 Å². The van der Waals surface area contributed by atoms with Crippen LogP contribution in [-0.4, -0.2) is 30.6 Å². The number of carbonyl (C=O) groups excluding carboxylic acids is 1. The molecule has 4 nitrogen and oxygen atoms in total. The van der Waals surface area contributed by atoms with Gasteiger partial charge in [-0.05, 0) is 37.5 Å². The summed E-state index contributed by atoms with van der Waals surface area (Å²) in [6, 6.07) is 8.66. The molecule has 0 radical (unpaired) electrons.